The maximum atomic E-state index is 3.63. The van der Waals surface area contributed by atoms with Crippen molar-refractivity contribution in [1.82, 2.24) is 0 Å². The van der Waals surface area contributed by atoms with Gasteiger partial charge in [0, 0.05) is 16.0 Å². The molecule has 0 nitrogen and oxygen atoms in total. The predicted molar refractivity (Wildman–Crippen MR) is 105 cm³/mol. The number of fused-ring (bicyclic) bond motifs is 2. The van der Waals surface area contributed by atoms with E-state index < -0.39 is 0 Å². The van der Waals surface area contributed by atoms with Crippen LogP contribution in [-0.4, -0.2) is 0 Å². The van der Waals surface area contributed by atoms with Crippen LogP contribution in [0.25, 0.3) is 11.6 Å². The van der Waals surface area contributed by atoms with Gasteiger partial charge < -0.3 is 0 Å². The SMILES string of the molecule is Cc1cc(C)cc(C=C=C2c3ccccc3CCc3sccc32)c1. The molecule has 0 radical (unpaired) electrons. The lowest BCUT2D eigenvalue weighted by atomic mass is 9.96. The molecular weight excluding hydrogens is 308 g/mol. The van der Waals surface area contributed by atoms with Crippen LogP contribution in [0.3, 0.4) is 0 Å². The van der Waals surface area contributed by atoms with Crippen molar-refractivity contribution in [2.24, 2.45) is 0 Å². The van der Waals surface area contributed by atoms with E-state index in [4.69, 9.17) is 0 Å². The summed E-state index contributed by atoms with van der Waals surface area (Å²) in [6, 6.07) is 17.7. The monoisotopic (exact) mass is 328 g/mol. The van der Waals surface area contributed by atoms with Crippen molar-refractivity contribution >= 4 is 23.0 Å². The summed E-state index contributed by atoms with van der Waals surface area (Å²) < 4.78 is 0. The van der Waals surface area contributed by atoms with Gasteiger partial charge in [0.05, 0.1) is 0 Å². The van der Waals surface area contributed by atoms with Gasteiger partial charge in [-0.3, -0.25) is 0 Å². The number of hydrogen-bond acceptors (Lipinski definition) is 1. The van der Waals surface area contributed by atoms with Crippen LogP contribution in [0.4, 0.5) is 0 Å². The van der Waals surface area contributed by atoms with E-state index in [1.165, 1.54) is 43.8 Å². The van der Waals surface area contributed by atoms with Crippen LogP contribution in [0.5, 0.6) is 0 Å². The third-order valence-electron chi connectivity index (χ3n) is 4.55. The van der Waals surface area contributed by atoms with Gasteiger partial charge in [-0.25, -0.2) is 0 Å². The van der Waals surface area contributed by atoms with E-state index in [1.807, 2.05) is 11.3 Å². The second kappa shape index (κ2) is 6.28. The minimum atomic E-state index is 1.11. The fraction of sp³-hybridized carbons (Fsp3) is 0.174. The Morgan fingerprint density at radius 3 is 2.54 bits per heavy atom. The van der Waals surface area contributed by atoms with E-state index in [2.05, 4.69) is 79.6 Å². The molecule has 1 heteroatoms. The Labute approximate surface area is 147 Å². The Morgan fingerprint density at radius 2 is 1.71 bits per heavy atom. The van der Waals surface area contributed by atoms with Crippen LogP contribution in [0.15, 0.2) is 59.6 Å². The normalized spacial score (nSPS) is 12.8. The molecule has 1 aromatic heterocycles. The van der Waals surface area contributed by atoms with Crippen LogP contribution in [-0.2, 0) is 12.8 Å². The van der Waals surface area contributed by atoms with Gasteiger partial charge in [-0.15, -0.1) is 17.1 Å². The molecule has 0 saturated carbocycles. The summed E-state index contributed by atoms with van der Waals surface area (Å²) in [4.78, 5) is 1.47. The summed E-state index contributed by atoms with van der Waals surface area (Å²) in [6.45, 7) is 4.30. The molecule has 118 valence electrons. The summed E-state index contributed by atoms with van der Waals surface area (Å²) >= 11 is 1.86. The molecule has 2 aromatic carbocycles. The predicted octanol–water partition coefficient (Wildman–Crippen LogP) is 6.21. The van der Waals surface area contributed by atoms with Gasteiger partial charge in [-0.1, -0.05) is 53.6 Å². The van der Waals surface area contributed by atoms with Crippen LogP contribution in [0.2, 0.25) is 0 Å². The summed E-state index contributed by atoms with van der Waals surface area (Å²) in [5, 5.41) is 2.21. The summed E-state index contributed by atoms with van der Waals surface area (Å²) in [7, 11) is 0. The average molecular weight is 328 g/mol. The lowest BCUT2D eigenvalue weighted by molar-refractivity contribution is 0.985. The quantitative estimate of drug-likeness (QED) is 0.466. The van der Waals surface area contributed by atoms with E-state index in [1.54, 1.807) is 0 Å². The molecule has 0 atom stereocenters. The molecule has 0 fully saturated rings. The largest absolute Gasteiger partial charge is 0.148 e. The second-order valence-electron chi connectivity index (χ2n) is 6.50. The van der Waals surface area contributed by atoms with Gasteiger partial charge >= 0.3 is 0 Å². The van der Waals surface area contributed by atoms with Crippen molar-refractivity contribution in [3.05, 3.63) is 97.9 Å². The molecule has 0 N–H and O–H groups in total. The van der Waals surface area contributed by atoms with Crippen molar-refractivity contribution in [2.75, 3.05) is 0 Å². The second-order valence-corrected chi connectivity index (χ2v) is 7.50. The summed E-state index contributed by atoms with van der Waals surface area (Å²) in [5.41, 5.74) is 12.8. The van der Waals surface area contributed by atoms with Gasteiger partial charge in [0.1, 0.15) is 0 Å². The van der Waals surface area contributed by atoms with Gasteiger partial charge in [0.25, 0.3) is 0 Å². The van der Waals surface area contributed by atoms with Gasteiger partial charge in [0.2, 0.25) is 0 Å². The molecule has 0 aliphatic heterocycles. The van der Waals surface area contributed by atoms with E-state index in [-0.39, 0.29) is 0 Å². The van der Waals surface area contributed by atoms with Crippen molar-refractivity contribution < 1.29 is 0 Å². The number of aryl methyl sites for hydroxylation is 4. The van der Waals surface area contributed by atoms with Crippen molar-refractivity contribution in [3.63, 3.8) is 0 Å². The van der Waals surface area contributed by atoms with E-state index in [0.717, 1.165) is 12.8 Å². The fourth-order valence-corrected chi connectivity index (χ4v) is 4.42. The molecule has 0 amide bonds. The Balaban J connectivity index is 1.92. The molecule has 24 heavy (non-hydrogen) atoms. The van der Waals surface area contributed by atoms with Gasteiger partial charge in [-0.2, -0.15) is 0 Å². The number of hydrogen-bond donors (Lipinski definition) is 0. The maximum absolute atomic E-state index is 3.63. The average Bonchev–Trinajstić information content (AvgIpc) is 2.96. The smallest absolute Gasteiger partial charge is 0.0323 e. The Kier molecular flexibility index (Phi) is 3.98. The van der Waals surface area contributed by atoms with Crippen LogP contribution < -0.4 is 0 Å². The van der Waals surface area contributed by atoms with Gasteiger partial charge in [-0.05, 0) is 60.9 Å². The summed E-state index contributed by atoms with van der Waals surface area (Å²) in [6.07, 6.45) is 4.37. The highest BCUT2D eigenvalue weighted by Crippen LogP contribution is 2.35. The molecule has 0 saturated heterocycles. The third kappa shape index (κ3) is 2.89. The first-order valence-corrected chi connectivity index (χ1v) is 9.29. The standard InChI is InChI=1S/C23H20S/c1-16-13-17(2)15-18(14-16)7-9-21-20-6-4-3-5-19(20)8-10-23-22(21)11-12-24-23/h3-7,11-15H,8,10H2,1-2H3. The van der Waals surface area contributed by atoms with Crippen molar-refractivity contribution in [3.8, 4) is 0 Å². The minimum Gasteiger partial charge on any atom is -0.148 e. The molecule has 0 spiro atoms. The molecule has 0 bridgehead atoms. The molecule has 1 aliphatic carbocycles. The first-order chi connectivity index (χ1) is 11.7. The summed E-state index contributed by atoms with van der Waals surface area (Å²) in [5.74, 6) is 0. The van der Waals surface area contributed by atoms with E-state index >= 15 is 0 Å². The molecule has 4 rings (SSSR count). The highest BCUT2D eigenvalue weighted by atomic mass is 32.1. The zero-order valence-electron chi connectivity index (χ0n) is 14.1. The lowest BCUT2D eigenvalue weighted by Crippen LogP contribution is -1.90. The van der Waals surface area contributed by atoms with Crippen LogP contribution >= 0.6 is 11.3 Å². The molecule has 3 aromatic rings. The van der Waals surface area contributed by atoms with Crippen LogP contribution in [0.1, 0.15) is 38.3 Å². The Morgan fingerprint density at radius 1 is 0.917 bits per heavy atom. The maximum Gasteiger partial charge on any atom is 0.0323 e. The third-order valence-corrected chi connectivity index (χ3v) is 5.53. The minimum absolute atomic E-state index is 1.11. The Hall–Kier alpha value is -2.34. The van der Waals surface area contributed by atoms with Gasteiger partial charge in [0.15, 0.2) is 0 Å². The zero-order valence-corrected chi connectivity index (χ0v) is 14.9. The first kappa shape index (κ1) is 15.2. The lowest BCUT2D eigenvalue weighted by Gasteiger charge is -2.07. The molecular formula is C23H20S. The fourth-order valence-electron chi connectivity index (χ4n) is 3.54. The Bertz CT molecular complexity index is 945. The molecule has 1 heterocycles. The molecule has 1 aliphatic rings. The van der Waals surface area contributed by atoms with Crippen molar-refractivity contribution in [2.45, 2.75) is 26.7 Å². The molecule has 0 unspecified atom stereocenters. The topological polar surface area (TPSA) is 0 Å². The van der Waals surface area contributed by atoms with E-state index in [0.29, 0.717) is 0 Å². The zero-order chi connectivity index (χ0) is 16.5. The number of rotatable bonds is 1. The van der Waals surface area contributed by atoms with Crippen molar-refractivity contribution in [1.29, 1.82) is 0 Å². The first-order valence-electron chi connectivity index (χ1n) is 8.41. The highest BCUT2D eigenvalue weighted by Gasteiger charge is 2.18. The number of thiophene rings is 1. The number of benzene rings is 2. The van der Waals surface area contributed by atoms with Crippen LogP contribution in [0, 0.1) is 13.8 Å². The highest BCUT2D eigenvalue weighted by molar-refractivity contribution is 7.10. The van der Waals surface area contributed by atoms with E-state index in [9.17, 15) is 0 Å².